The number of carbonyl (C=O) groups is 1. The van der Waals surface area contributed by atoms with Gasteiger partial charge in [-0.1, -0.05) is 64.8 Å². The molecule has 146 valence electrons. The molecule has 0 fully saturated rings. The van der Waals surface area contributed by atoms with Crippen LogP contribution in [0.3, 0.4) is 0 Å². The number of Topliss-reactive ketones (excluding diaryl/α,β-unsaturated/α-hetero) is 1. The Kier molecular flexibility index (Phi) is 7.40. The van der Waals surface area contributed by atoms with E-state index in [-0.39, 0.29) is 23.0 Å². The Bertz CT molecular complexity index is 817. The number of hydrogen-bond donors (Lipinski definition) is 1. The molecule has 4 nitrogen and oxygen atoms in total. The van der Waals surface area contributed by atoms with E-state index in [1.807, 2.05) is 26.0 Å². The molecule has 0 saturated carbocycles. The summed E-state index contributed by atoms with van der Waals surface area (Å²) in [5.74, 6) is -0.630. The number of carbonyl (C=O) groups excluding carboxylic acids is 1. The van der Waals surface area contributed by atoms with Gasteiger partial charge in [0.25, 0.3) is 0 Å². The molecule has 1 aromatic carbocycles. The highest BCUT2D eigenvalue weighted by Gasteiger charge is 2.25. The van der Waals surface area contributed by atoms with Gasteiger partial charge in [0.2, 0.25) is 0 Å². The Morgan fingerprint density at radius 2 is 1.70 bits per heavy atom. The molecule has 0 radical (unpaired) electrons. The Morgan fingerprint density at radius 3 is 2.26 bits per heavy atom. The highest BCUT2D eigenvalue weighted by Crippen LogP contribution is 2.26. The Balaban J connectivity index is 2.17. The van der Waals surface area contributed by atoms with Crippen LogP contribution >= 0.6 is 0 Å². The van der Waals surface area contributed by atoms with Crippen LogP contribution in [0, 0.1) is 5.92 Å². The van der Waals surface area contributed by atoms with Crippen LogP contribution in [0.25, 0.3) is 0 Å². The van der Waals surface area contributed by atoms with Gasteiger partial charge in [-0.05, 0) is 30.4 Å². The number of hydrogen-bond acceptors (Lipinski definition) is 4. The summed E-state index contributed by atoms with van der Waals surface area (Å²) in [6.07, 6.45) is 4.43. The summed E-state index contributed by atoms with van der Waals surface area (Å²) >= 11 is 0. The van der Waals surface area contributed by atoms with Crippen molar-refractivity contribution in [3.05, 3.63) is 63.2 Å². The highest BCUT2D eigenvalue weighted by atomic mass is 16.4. The van der Waals surface area contributed by atoms with Crippen LogP contribution in [-0.2, 0) is 12.8 Å². The lowest BCUT2D eigenvalue weighted by Gasteiger charge is -2.13. The molecular weight excluding hydrogens is 340 g/mol. The molecule has 2 unspecified atom stereocenters. The predicted octanol–water partition coefficient (Wildman–Crippen LogP) is 5.26. The minimum absolute atomic E-state index is 0.0248. The molecule has 0 bridgehead atoms. The summed E-state index contributed by atoms with van der Waals surface area (Å²) in [4.78, 5) is 25.1. The van der Waals surface area contributed by atoms with E-state index in [0.29, 0.717) is 12.2 Å². The van der Waals surface area contributed by atoms with Crippen molar-refractivity contribution in [2.75, 3.05) is 0 Å². The molecule has 0 saturated heterocycles. The quantitative estimate of drug-likeness (QED) is 0.611. The first-order chi connectivity index (χ1) is 12.9. The number of aryl methyl sites for hydroxylation is 1. The van der Waals surface area contributed by atoms with Gasteiger partial charge in [0, 0.05) is 17.9 Å². The Labute approximate surface area is 161 Å². The van der Waals surface area contributed by atoms with E-state index >= 15 is 0 Å². The van der Waals surface area contributed by atoms with Crippen molar-refractivity contribution < 1.29 is 14.3 Å². The molecular formula is C23H30O4. The minimum Gasteiger partial charge on any atom is -0.507 e. The van der Waals surface area contributed by atoms with Gasteiger partial charge < -0.3 is 9.52 Å². The predicted molar refractivity (Wildman–Crippen MR) is 108 cm³/mol. The monoisotopic (exact) mass is 370 g/mol. The zero-order valence-electron chi connectivity index (χ0n) is 16.7. The van der Waals surface area contributed by atoms with E-state index in [0.717, 1.165) is 31.2 Å². The van der Waals surface area contributed by atoms with Crippen LogP contribution in [0.1, 0.15) is 80.1 Å². The van der Waals surface area contributed by atoms with E-state index < -0.39 is 11.5 Å². The van der Waals surface area contributed by atoms with Gasteiger partial charge >= 0.3 is 5.63 Å². The second-order valence-corrected chi connectivity index (χ2v) is 7.42. The summed E-state index contributed by atoms with van der Waals surface area (Å²) in [7, 11) is 0. The average Bonchev–Trinajstić information content (AvgIpc) is 2.63. The first-order valence-electron chi connectivity index (χ1n) is 9.86. The average molecular weight is 370 g/mol. The van der Waals surface area contributed by atoms with E-state index in [2.05, 4.69) is 19.1 Å². The van der Waals surface area contributed by atoms with Crippen molar-refractivity contribution in [2.45, 2.75) is 65.7 Å². The largest absolute Gasteiger partial charge is 0.507 e. The highest BCUT2D eigenvalue weighted by molar-refractivity contribution is 5.99. The number of aromatic hydroxyl groups is 1. The van der Waals surface area contributed by atoms with Gasteiger partial charge in [0.1, 0.15) is 17.1 Å². The lowest BCUT2D eigenvalue weighted by atomic mass is 9.92. The third kappa shape index (κ3) is 5.31. The van der Waals surface area contributed by atoms with Gasteiger partial charge in [-0.2, -0.15) is 0 Å². The van der Waals surface area contributed by atoms with Crippen molar-refractivity contribution in [1.82, 2.24) is 0 Å². The minimum atomic E-state index is -0.747. The molecule has 0 aliphatic carbocycles. The first kappa shape index (κ1) is 20.9. The lowest BCUT2D eigenvalue weighted by molar-refractivity contribution is 0.0921. The summed E-state index contributed by atoms with van der Waals surface area (Å²) < 4.78 is 5.33. The fourth-order valence-electron chi connectivity index (χ4n) is 3.37. The Hall–Kier alpha value is -2.36. The van der Waals surface area contributed by atoms with Crippen molar-refractivity contribution >= 4 is 5.78 Å². The van der Waals surface area contributed by atoms with Crippen LogP contribution in [0.2, 0.25) is 0 Å². The van der Waals surface area contributed by atoms with E-state index in [1.165, 1.54) is 11.6 Å². The Morgan fingerprint density at radius 1 is 1.07 bits per heavy atom. The maximum Gasteiger partial charge on any atom is 0.350 e. The van der Waals surface area contributed by atoms with Gasteiger partial charge in [0.05, 0.1) is 0 Å². The number of ketones is 1. The maximum atomic E-state index is 12.7. The molecule has 0 amide bonds. The van der Waals surface area contributed by atoms with Crippen LogP contribution in [-0.4, -0.2) is 10.9 Å². The van der Waals surface area contributed by atoms with Gasteiger partial charge in [-0.15, -0.1) is 0 Å². The zero-order valence-corrected chi connectivity index (χ0v) is 16.7. The van der Waals surface area contributed by atoms with Crippen molar-refractivity contribution in [2.24, 2.45) is 5.92 Å². The first-order valence-corrected chi connectivity index (χ1v) is 9.86. The standard InChI is InChI=1S/C23H30O4/c1-5-7-15(3)20-14-19(24)21(23(26)27-20)22(25)16(4)13-18-11-9-17(8-6-2)10-12-18/h9-12,14-16,24H,5-8,13H2,1-4H3. The van der Waals surface area contributed by atoms with Crippen LogP contribution in [0.15, 0.2) is 39.5 Å². The topological polar surface area (TPSA) is 67.5 Å². The molecule has 1 aromatic heterocycles. The SMILES string of the molecule is CCCc1ccc(CC(C)C(=O)c2c(O)cc(C(C)CCC)oc2=O)cc1. The molecule has 1 N–H and O–H groups in total. The van der Waals surface area contributed by atoms with E-state index in [4.69, 9.17) is 4.42 Å². The van der Waals surface area contributed by atoms with Gasteiger partial charge in [0.15, 0.2) is 5.78 Å². The smallest absolute Gasteiger partial charge is 0.350 e. The lowest BCUT2D eigenvalue weighted by Crippen LogP contribution is -2.22. The van der Waals surface area contributed by atoms with Crippen LogP contribution < -0.4 is 5.63 Å². The summed E-state index contributed by atoms with van der Waals surface area (Å²) in [5, 5.41) is 10.3. The molecule has 0 aliphatic heterocycles. The van der Waals surface area contributed by atoms with E-state index in [9.17, 15) is 14.7 Å². The molecule has 2 rings (SSSR count). The molecule has 0 aliphatic rings. The summed E-state index contributed by atoms with van der Waals surface area (Å²) in [6.45, 7) is 7.89. The zero-order chi connectivity index (χ0) is 20.0. The van der Waals surface area contributed by atoms with Gasteiger partial charge in [-0.3, -0.25) is 4.79 Å². The fraction of sp³-hybridized carbons (Fsp3) is 0.478. The number of rotatable bonds is 9. The summed E-state index contributed by atoms with van der Waals surface area (Å²) in [5.41, 5.74) is 1.32. The third-order valence-electron chi connectivity index (χ3n) is 4.95. The molecule has 1 heterocycles. The number of benzene rings is 1. The molecule has 2 aromatic rings. The van der Waals surface area contributed by atoms with Crippen molar-refractivity contribution in [1.29, 1.82) is 0 Å². The molecule has 2 atom stereocenters. The van der Waals surface area contributed by atoms with Crippen molar-refractivity contribution in [3.8, 4) is 5.75 Å². The van der Waals surface area contributed by atoms with Crippen LogP contribution in [0.5, 0.6) is 5.75 Å². The molecule has 4 heteroatoms. The second-order valence-electron chi connectivity index (χ2n) is 7.42. The van der Waals surface area contributed by atoms with Crippen LogP contribution in [0.4, 0.5) is 0 Å². The summed E-state index contributed by atoms with van der Waals surface area (Å²) in [6, 6.07) is 9.61. The van der Waals surface area contributed by atoms with E-state index in [1.54, 1.807) is 6.92 Å². The molecule has 0 spiro atoms. The molecule has 27 heavy (non-hydrogen) atoms. The third-order valence-corrected chi connectivity index (χ3v) is 4.95. The second kappa shape index (κ2) is 9.54. The fourth-order valence-corrected chi connectivity index (χ4v) is 3.37. The van der Waals surface area contributed by atoms with Crippen molar-refractivity contribution in [3.63, 3.8) is 0 Å². The van der Waals surface area contributed by atoms with Gasteiger partial charge in [-0.25, -0.2) is 4.79 Å². The normalized spacial score (nSPS) is 13.3. The maximum absolute atomic E-state index is 12.7.